The van der Waals surface area contributed by atoms with Crippen LogP contribution >= 0.6 is 11.8 Å². The van der Waals surface area contributed by atoms with Gasteiger partial charge in [0.25, 0.3) is 5.91 Å². The van der Waals surface area contributed by atoms with Gasteiger partial charge in [-0.1, -0.05) is 13.0 Å². The average Bonchev–Trinajstić information content (AvgIpc) is 2.53. The summed E-state index contributed by atoms with van der Waals surface area (Å²) in [6.07, 6.45) is 2.57. The highest BCUT2D eigenvalue weighted by molar-refractivity contribution is 7.99. The van der Waals surface area contributed by atoms with E-state index in [4.69, 9.17) is 0 Å². The summed E-state index contributed by atoms with van der Waals surface area (Å²) in [5.74, 6) is 1.02. The normalized spacial score (nSPS) is 16.6. The van der Waals surface area contributed by atoms with Gasteiger partial charge < -0.3 is 15.3 Å². The van der Waals surface area contributed by atoms with Gasteiger partial charge in [0, 0.05) is 30.1 Å². The summed E-state index contributed by atoms with van der Waals surface area (Å²) in [7, 11) is 0. The average molecular weight is 322 g/mol. The van der Waals surface area contributed by atoms with Crippen molar-refractivity contribution in [3.63, 3.8) is 0 Å². The number of carbonyl (C=O) groups is 1. The van der Waals surface area contributed by atoms with Crippen molar-refractivity contribution in [2.24, 2.45) is 0 Å². The van der Waals surface area contributed by atoms with Crippen LogP contribution in [0.3, 0.4) is 0 Å². The second-order valence-corrected chi connectivity index (χ2v) is 6.98. The van der Waals surface area contributed by atoms with E-state index in [0.29, 0.717) is 6.54 Å². The second-order valence-electron chi connectivity index (χ2n) is 5.64. The van der Waals surface area contributed by atoms with E-state index in [1.54, 1.807) is 11.8 Å². The fraction of sp³-hybridized carbons (Fsp3) is 0.588. The van der Waals surface area contributed by atoms with Crippen molar-refractivity contribution >= 4 is 17.7 Å². The molecular formula is C17H26N2O2S. The van der Waals surface area contributed by atoms with E-state index >= 15 is 0 Å². The van der Waals surface area contributed by atoms with Gasteiger partial charge in [0.15, 0.2) is 0 Å². The Morgan fingerprint density at radius 2 is 2.18 bits per heavy atom. The summed E-state index contributed by atoms with van der Waals surface area (Å²) in [5.41, 5.74) is 0.736. The van der Waals surface area contributed by atoms with Crippen molar-refractivity contribution in [3.05, 3.63) is 29.8 Å². The van der Waals surface area contributed by atoms with Crippen molar-refractivity contribution in [1.82, 2.24) is 10.2 Å². The van der Waals surface area contributed by atoms with Gasteiger partial charge in [0.05, 0.1) is 6.10 Å². The third-order valence-corrected chi connectivity index (χ3v) is 4.78. The Morgan fingerprint density at radius 3 is 2.91 bits per heavy atom. The third-order valence-electron chi connectivity index (χ3n) is 3.90. The van der Waals surface area contributed by atoms with Crippen LogP contribution in [0.25, 0.3) is 0 Å². The van der Waals surface area contributed by atoms with Crippen molar-refractivity contribution in [2.75, 3.05) is 31.9 Å². The molecule has 1 aromatic rings. The first-order valence-electron chi connectivity index (χ1n) is 8.10. The molecule has 4 nitrogen and oxygen atoms in total. The number of aliphatic hydroxyl groups is 1. The maximum atomic E-state index is 12.1. The zero-order valence-electron chi connectivity index (χ0n) is 13.3. The largest absolute Gasteiger partial charge is 0.393 e. The van der Waals surface area contributed by atoms with Gasteiger partial charge in [0.2, 0.25) is 0 Å². The lowest BCUT2D eigenvalue weighted by atomic mass is 10.1. The molecule has 0 spiro atoms. The highest BCUT2D eigenvalue weighted by atomic mass is 32.2. The van der Waals surface area contributed by atoms with Crippen LogP contribution in [-0.2, 0) is 0 Å². The lowest BCUT2D eigenvalue weighted by Crippen LogP contribution is -2.37. The van der Waals surface area contributed by atoms with Crippen LogP contribution in [0.1, 0.15) is 36.5 Å². The molecule has 1 aliphatic heterocycles. The number of hydrogen-bond acceptors (Lipinski definition) is 4. The number of carbonyl (C=O) groups excluding carboxylic acids is 1. The lowest BCUT2D eigenvalue weighted by Gasteiger charge is -2.29. The van der Waals surface area contributed by atoms with E-state index in [9.17, 15) is 9.90 Å². The number of nitrogens with zero attached hydrogens (tertiary/aromatic N) is 1. The maximum Gasteiger partial charge on any atom is 0.251 e. The van der Waals surface area contributed by atoms with E-state index in [0.717, 1.165) is 55.1 Å². The Labute approximate surface area is 137 Å². The number of amides is 1. The smallest absolute Gasteiger partial charge is 0.251 e. The van der Waals surface area contributed by atoms with Crippen LogP contribution in [0.5, 0.6) is 0 Å². The number of rotatable bonds is 7. The molecule has 2 rings (SSSR count). The summed E-state index contributed by atoms with van der Waals surface area (Å²) >= 11 is 1.75. The number of hydrogen-bond donors (Lipinski definition) is 2. The number of thioether (sulfide) groups is 1. The fourth-order valence-corrected chi connectivity index (χ4v) is 3.36. The molecule has 1 heterocycles. The third kappa shape index (κ3) is 5.63. The highest BCUT2D eigenvalue weighted by Crippen LogP contribution is 2.18. The van der Waals surface area contributed by atoms with Crippen molar-refractivity contribution < 1.29 is 9.90 Å². The topological polar surface area (TPSA) is 52.6 Å². The van der Waals surface area contributed by atoms with E-state index in [1.807, 2.05) is 24.3 Å². The zero-order chi connectivity index (χ0) is 15.8. The second kappa shape index (κ2) is 9.18. The van der Waals surface area contributed by atoms with E-state index in [1.165, 1.54) is 0 Å². The lowest BCUT2D eigenvalue weighted by molar-refractivity contribution is 0.0816. The summed E-state index contributed by atoms with van der Waals surface area (Å²) < 4.78 is 0. The molecule has 1 aliphatic rings. The molecule has 122 valence electrons. The molecule has 0 aliphatic carbocycles. The predicted molar refractivity (Wildman–Crippen MR) is 91.5 cm³/mol. The van der Waals surface area contributed by atoms with E-state index < -0.39 is 0 Å². The van der Waals surface area contributed by atoms with Crippen molar-refractivity contribution in [3.8, 4) is 0 Å². The molecule has 0 bridgehead atoms. The molecule has 0 saturated carbocycles. The minimum atomic E-state index is -0.121. The Bertz CT molecular complexity index is 473. The molecule has 1 fully saturated rings. The van der Waals surface area contributed by atoms with Gasteiger partial charge in [-0.05, 0) is 49.8 Å². The molecule has 0 unspecified atom stereocenters. The maximum absolute atomic E-state index is 12.1. The molecule has 22 heavy (non-hydrogen) atoms. The minimum Gasteiger partial charge on any atom is -0.393 e. The zero-order valence-corrected chi connectivity index (χ0v) is 14.1. The van der Waals surface area contributed by atoms with E-state index in [2.05, 4.69) is 17.1 Å². The first-order valence-corrected chi connectivity index (χ1v) is 9.09. The molecule has 1 amide bonds. The van der Waals surface area contributed by atoms with Crippen molar-refractivity contribution in [1.29, 1.82) is 0 Å². The Balaban J connectivity index is 1.68. The minimum absolute atomic E-state index is 0.00706. The molecule has 0 aromatic heterocycles. The number of benzene rings is 1. The summed E-state index contributed by atoms with van der Waals surface area (Å²) in [5, 5.41) is 12.5. The summed E-state index contributed by atoms with van der Waals surface area (Å²) in [6, 6.07) is 7.79. The van der Waals surface area contributed by atoms with Gasteiger partial charge in [-0.15, -0.1) is 11.8 Å². The molecule has 2 N–H and O–H groups in total. The predicted octanol–water partition coefficient (Wildman–Crippen LogP) is 2.38. The summed E-state index contributed by atoms with van der Waals surface area (Å²) in [6.45, 7) is 5.72. The molecule has 0 atom stereocenters. The summed E-state index contributed by atoms with van der Waals surface area (Å²) in [4.78, 5) is 15.6. The SMILES string of the molecule is CCSc1cccc(C(=O)NCCCN2CCC(O)CC2)c1. The monoisotopic (exact) mass is 322 g/mol. The molecule has 5 heteroatoms. The van der Waals surface area contributed by atoms with E-state index in [-0.39, 0.29) is 12.0 Å². The van der Waals surface area contributed by atoms with Crippen LogP contribution in [-0.4, -0.2) is 53.9 Å². The number of aliphatic hydroxyl groups excluding tert-OH is 1. The first-order chi connectivity index (χ1) is 10.7. The van der Waals surface area contributed by atoms with Crippen molar-refractivity contribution in [2.45, 2.75) is 37.2 Å². The van der Waals surface area contributed by atoms with Crippen LogP contribution in [0.4, 0.5) is 0 Å². The van der Waals surface area contributed by atoms with Gasteiger partial charge >= 0.3 is 0 Å². The molecule has 1 aromatic carbocycles. The highest BCUT2D eigenvalue weighted by Gasteiger charge is 2.16. The van der Waals surface area contributed by atoms with Crippen LogP contribution in [0.15, 0.2) is 29.2 Å². The molecule has 0 radical (unpaired) electrons. The van der Waals surface area contributed by atoms with Crippen LogP contribution < -0.4 is 5.32 Å². The van der Waals surface area contributed by atoms with Gasteiger partial charge in [-0.2, -0.15) is 0 Å². The van der Waals surface area contributed by atoms with Gasteiger partial charge in [-0.25, -0.2) is 0 Å². The Kier molecular flexibility index (Phi) is 7.22. The molecule has 1 saturated heterocycles. The standard InChI is InChI=1S/C17H26N2O2S/c1-2-22-16-6-3-5-14(13-16)17(21)18-9-4-10-19-11-7-15(20)8-12-19/h3,5-6,13,15,20H,2,4,7-12H2,1H3,(H,18,21). The fourth-order valence-electron chi connectivity index (χ4n) is 2.64. The quantitative estimate of drug-likeness (QED) is 0.598. The van der Waals surface area contributed by atoms with Crippen LogP contribution in [0.2, 0.25) is 0 Å². The molecular weight excluding hydrogens is 296 g/mol. The van der Waals surface area contributed by atoms with Gasteiger partial charge in [-0.3, -0.25) is 4.79 Å². The van der Waals surface area contributed by atoms with Gasteiger partial charge in [0.1, 0.15) is 0 Å². The van der Waals surface area contributed by atoms with Crippen LogP contribution in [0, 0.1) is 0 Å². The Hall–Kier alpha value is -1.04. The number of piperidine rings is 1. The number of nitrogens with one attached hydrogen (secondary N) is 1. The Morgan fingerprint density at radius 1 is 1.41 bits per heavy atom. The first kappa shape index (κ1) is 17.3. The number of likely N-dealkylation sites (tertiary alicyclic amines) is 1.